The molecular formula is C46H42BN3. The Morgan fingerprint density at radius 3 is 1.54 bits per heavy atom. The summed E-state index contributed by atoms with van der Waals surface area (Å²) in [5.41, 5.74) is 17.1. The molecule has 10 rings (SSSR count). The van der Waals surface area contributed by atoms with Crippen LogP contribution in [-0.2, 0) is 10.8 Å². The molecule has 0 aromatic heterocycles. The average molecular weight is 648 g/mol. The van der Waals surface area contributed by atoms with Crippen LogP contribution in [0.5, 0.6) is 0 Å². The molecule has 1 aliphatic carbocycles. The smallest absolute Gasteiger partial charge is 0.252 e. The third kappa shape index (κ3) is 3.82. The molecule has 4 aliphatic rings. The number of rotatable bonds is 3. The van der Waals surface area contributed by atoms with E-state index in [2.05, 4.69) is 189 Å². The number of hydrogen-bond acceptors (Lipinski definition) is 3. The molecule has 3 aliphatic heterocycles. The fourth-order valence-electron chi connectivity index (χ4n) is 9.70. The summed E-state index contributed by atoms with van der Waals surface area (Å²) in [5.74, 6) is 0. The summed E-state index contributed by atoms with van der Waals surface area (Å²) >= 11 is 0. The van der Waals surface area contributed by atoms with Crippen molar-refractivity contribution in [1.29, 1.82) is 0 Å². The van der Waals surface area contributed by atoms with Gasteiger partial charge in [0.2, 0.25) is 0 Å². The molecule has 1 fully saturated rings. The summed E-state index contributed by atoms with van der Waals surface area (Å²) in [6, 6.07) is 52.4. The first-order valence-corrected chi connectivity index (χ1v) is 18.2. The first-order valence-electron chi connectivity index (χ1n) is 18.2. The van der Waals surface area contributed by atoms with Gasteiger partial charge < -0.3 is 14.7 Å². The Morgan fingerprint density at radius 1 is 0.520 bits per heavy atom. The van der Waals surface area contributed by atoms with Crippen LogP contribution in [0.3, 0.4) is 0 Å². The maximum Gasteiger partial charge on any atom is 0.252 e. The van der Waals surface area contributed by atoms with Gasteiger partial charge in [-0.15, -0.1) is 0 Å². The van der Waals surface area contributed by atoms with E-state index in [0.29, 0.717) is 0 Å². The van der Waals surface area contributed by atoms with E-state index in [0.717, 1.165) is 6.42 Å². The molecule has 1 saturated carbocycles. The van der Waals surface area contributed by atoms with Crippen molar-refractivity contribution in [1.82, 2.24) is 0 Å². The Morgan fingerprint density at radius 2 is 1.04 bits per heavy atom. The highest BCUT2D eigenvalue weighted by Crippen LogP contribution is 2.66. The van der Waals surface area contributed by atoms with Crippen molar-refractivity contribution in [2.75, 3.05) is 14.7 Å². The highest BCUT2D eigenvalue weighted by Gasteiger charge is 2.63. The monoisotopic (exact) mass is 647 g/mol. The Kier molecular flexibility index (Phi) is 6.04. The Labute approximate surface area is 296 Å². The van der Waals surface area contributed by atoms with Crippen molar-refractivity contribution in [3.8, 4) is 0 Å². The van der Waals surface area contributed by atoms with Crippen LogP contribution in [-0.4, -0.2) is 12.3 Å². The molecule has 0 bridgehead atoms. The van der Waals surface area contributed by atoms with E-state index in [9.17, 15) is 0 Å². The SMILES string of the molecule is CC(C)(C)c1ccc2c(c1)C1(C)CCC1(C)N2c1cc2c3c(c1)N(c1ccccc1)c1ccccc1B3c1ccccc1N2c1ccccc1. The molecule has 3 nitrogen and oxygen atoms in total. The lowest BCUT2D eigenvalue weighted by atomic mass is 9.33. The number of fused-ring (bicyclic) bond motifs is 7. The standard InChI is InChI=1S/C46H42BN3/c1-44(2,3)31-24-25-38-35(28-31)45(4)26-27-46(45,5)50(38)34-29-41-43-42(30-34)49(33-18-10-7-11-19-33)40-23-15-13-21-37(40)47(43)36-20-12-14-22-39(36)48(41)32-16-8-6-9-17-32/h6-25,28-30H,26-27H2,1-5H3. The van der Waals surface area contributed by atoms with Crippen molar-refractivity contribution in [3.63, 3.8) is 0 Å². The van der Waals surface area contributed by atoms with Gasteiger partial charge in [-0.2, -0.15) is 0 Å². The molecule has 0 spiro atoms. The van der Waals surface area contributed by atoms with E-state index in [-0.39, 0.29) is 23.1 Å². The van der Waals surface area contributed by atoms with E-state index >= 15 is 0 Å². The number of hydrogen-bond donors (Lipinski definition) is 0. The van der Waals surface area contributed by atoms with Crippen LogP contribution in [0.4, 0.5) is 45.5 Å². The molecule has 244 valence electrons. The van der Waals surface area contributed by atoms with Gasteiger partial charge in [0.1, 0.15) is 0 Å². The van der Waals surface area contributed by atoms with Crippen molar-refractivity contribution < 1.29 is 0 Å². The Hall–Kier alpha value is -5.22. The van der Waals surface area contributed by atoms with Crippen LogP contribution < -0.4 is 31.1 Å². The fraction of sp³-hybridized carbons (Fsp3) is 0.217. The van der Waals surface area contributed by atoms with E-state index in [1.165, 1.54) is 79.4 Å². The number of benzene rings is 6. The summed E-state index contributed by atoms with van der Waals surface area (Å²) in [5, 5.41) is 0. The van der Waals surface area contributed by atoms with Crippen LogP contribution in [0.1, 0.15) is 58.6 Å². The summed E-state index contributed by atoms with van der Waals surface area (Å²) in [6.07, 6.45) is 2.36. The maximum atomic E-state index is 2.72. The molecule has 3 heterocycles. The zero-order valence-corrected chi connectivity index (χ0v) is 29.6. The van der Waals surface area contributed by atoms with Crippen molar-refractivity contribution in [2.45, 2.75) is 63.8 Å². The van der Waals surface area contributed by atoms with Gasteiger partial charge in [-0.3, -0.25) is 0 Å². The van der Waals surface area contributed by atoms with Gasteiger partial charge in [0.05, 0.1) is 5.54 Å². The summed E-state index contributed by atoms with van der Waals surface area (Å²) in [4.78, 5) is 7.76. The van der Waals surface area contributed by atoms with Crippen LogP contribution in [0.15, 0.2) is 140 Å². The van der Waals surface area contributed by atoms with Crippen LogP contribution in [0, 0.1) is 0 Å². The van der Waals surface area contributed by atoms with E-state index < -0.39 is 0 Å². The Bertz CT molecular complexity index is 2210. The van der Waals surface area contributed by atoms with E-state index in [4.69, 9.17) is 0 Å². The maximum absolute atomic E-state index is 2.72. The van der Waals surface area contributed by atoms with Gasteiger partial charge >= 0.3 is 0 Å². The molecule has 6 aromatic rings. The van der Waals surface area contributed by atoms with Crippen LogP contribution >= 0.6 is 0 Å². The highest BCUT2D eigenvalue weighted by molar-refractivity contribution is 7.00. The fourth-order valence-corrected chi connectivity index (χ4v) is 9.70. The second kappa shape index (κ2) is 10.2. The molecular weight excluding hydrogens is 605 g/mol. The number of nitrogens with zero attached hydrogens (tertiary/aromatic N) is 3. The summed E-state index contributed by atoms with van der Waals surface area (Å²) < 4.78 is 0. The minimum Gasteiger partial charge on any atom is -0.334 e. The van der Waals surface area contributed by atoms with Gasteiger partial charge in [-0.25, -0.2) is 0 Å². The first-order chi connectivity index (χ1) is 24.2. The zero-order valence-electron chi connectivity index (χ0n) is 29.6. The normalized spacial score (nSPS) is 21.1. The lowest BCUT2D eigenvalue weighted by molar-refractivity contribution is 0.133. The number of para-hydroxylation sites is 4. The third-order valence-corrected chi connectivity index (χ3v) is 12.6. The molecule has 6 aromatic carbocycles. The summed E-state index contributed by atoms with van der Waals surface area (Å²) in [6.45, 7) is 12.1. The van der Waals surface area contributed by atoms with Gasteiger partial charge in [0.25, 0.3) is 6.71 Å². The van der Waals surface area contributed by atoms with Gasteiger partial charge in [-0.1, -0.05) is 113 Å². The lowest BCUT2D eigenvalue weighted by Gasteiger charge is -2.56. The minimum atomic E-state index is -0.0273. The van der Waals surface area contributed by atoms with Crippen molar-refractivity contribution >= 4 is 68.6 Å². The Balaban J connectivity index is 1.30. The quantitative estimate of drug-likeness (QED) is 0.177. The highest BCUT2D eigenvalue weighted by atomic mass is 15.3. The predicted molar refractivity (Wildman–Crippen MR) is 213 cm³/mol. The average Bonchev–Trinajstić information content (AvgIpc) is 3.26. The minimum absolute atomic E-state index is 0.0273. The molecule has 0 radical (unpaired) electrons. The zero-order chi connectivity index (χ0) is 34.0. The molecule has 0 saturated heterocycles. The van der Waals surface area contributed by atoms with Gasteiger partial charge in [-0.05, 0) is 107 Å². The molecule has 4 heteroatoms. The second-order valence-corrected chi connectivity index (χ2v) is 16.2. The molecule has 2 atom stereocenters. The third-order valence-electron chi connectivity index (χ3n) is 12.6. The first kappa shape index (κ1) is 29.7. The number of anilines is 8. The van der Waals surface area contributed by atoms with E-state index in [1.54, 1.807) is 0 Å². The van der Waals surface area contributed by atoms with Crippen LogP contribution in [0.2, 0.25) is 0 Å². The molecule has 0 N–H and O–H groups in total. The predicted octanol–water partition coefficient (Wildman–Crippen LogP) is 10.0. The molecule has 50 heavy (non-hydrogen) atoms. The summed E-state index contributed by atoms with van der Waals surface area (Å²) in [7, 11) is 0. The van der Waals surface area contributed by atoms with Gasteiger partial charge in [0.15, 0.2) is 0 Å². The molecule has 2 unspecified atom stereocenters. The van der Waals surface area contributed by atoms with Crippen molar-refractivity contribution in [2.24, 2.45) is 0 Å². The topological polar surface area (TPSA) is 9.72 Å². The van der Waals surface area contributed by atoms with Gasteiger partial charge in [0, 0.05) is 50.9 Å². The van der Waals surface area contributed by atoms with Crippen molar-refractivity contribution in [3.05, 3.63) is 151 Å². The van der Waals surface area contributed by atoms with Crippen LogP contribution in [0.25, 0.3) is 0 Å². The largest absolute Gasteiger partial charge is 0.334 e. The lowest BCUT2D eigenvalue weighted by Crippen LogP contribution is -2.62. The second-order valence-electron chi connectivity index (χ2n) is 16.2. The molecule has 0 amide bonds. The van der Waals surface area contributed by atoms with E-state index in [1.807, 2.05) is 0 Å².